The summed E-state index contributed by atoms with van der Waals surface area (Å²) in [6.45, 7) is 3.26. The van der Waals surface area contributed by atoms with E-state index in [1.807, 2.05) is 36.4 Å². The number of benzene rings is 2. The van der Waals surface area contributed by atoms with Crippen LogP contribution in [-0.2, 0) is 14.3 Å². The summed E-state index contributed by atoms with van der Waals surface area (Å²) < 4.78 is 10.6. The van der Waals surface area contributed by atoms with Crippen molar-refractivity contribution in [3.63, 3.8) is 0 Å². The lowest BCUT2D eigenvalue weighted by molar-refractivity contribution is -0.154. The number of hydrogen-bond donors (Lipinski definition) is 1. The smallest absolute Gasteiger partial charge is 0.313 e. The van der Waals surface area contributed by atoms with E-state index in [1.54, 1.807) is 26.2 Å². The normalized spacial score (nSPS) is 12.8. The summed E-state index contributed by atoms with van der Waals surface area (Å²) in [5, 5.41) is 5.05. The largest absolute Gasteiger partial charge is 0.497 e. The molecule has 7 heteroatoms. The lowest BCUT2D eigenvalue weighted by atomic mass is 9.98. The maximum absolute atomic E-state index is 12.5. The van der Waals surface area contributed by atoms with Crippen LogP contribution in [0, 0.1) is 0 Å². The van der Waals surface area contributed by atoms with E-state index in [0.29, 0.717) is 10.8 Å². The van der Waals surface area contributed by atoms with Crippen LogP contribution in [0.4, 0.5) is 5.82 Å². The van der Waals surface area contributed by atoms with Crippen LogP contribution in [0.5, 0.6) is 5.75 Å². The van der Waals surface area contributed by atoms with Crippen molar-refractivity contribution in [3.05, 3.63) is 65.3 Å². The van der Waals surface area contributed by atoms with Crippen LogP contribution in [0.25, 0.3) is 10.8 Å². The molecule has 150 valence electrons. The van der Waals surface area contributed by atoms with E-state index in [-0.39, 0.29) is 0 Å². The minimum absolute atomic E-state index is 0.334. The van der Waals surface area contributed by atoms with Crippen molar-refractivity contribution in [3.8, 4) is 5.75 Å². The first-order valence-electron chi connectivity index (χ1n) is 9.08. The zero-order valence-corrected chi connectivity index (χ0v) is 17.1. The molecule has 1 amide bonds. The predicted molar refractivity (Wildman–Crippen MR) is 112 cm³/mol. The highest BCUT2D eigenvalue weighted by molar-refractivity contribution is 6.30. The molecule has 2 atom stereocenters. The zero-order chi connectivity index (χ0) is 21.0. The van der Waals surface area contributed by atoms with E-state index in [1.165, 1.54) is 13.1 Å². The molecule has 6 nitrogen and oxygen atoms in total. The van der Waals surface area contributed by atoms with E-state index < -0.39 is 23.9 Å². The first-order chi connectivity index (χ1) is 13.9. The summed E-state index contributed by atoms with van der Waals surface area (Å²) in [5.41, 5.74) is 0.805. The molecule has 0 aliphatic heterocycles. The Hall–Kier alpha value is -3.12. The Labute approximate surface area is 173 Å². The minimum Gasteiger partial charge on any atom is -0.497 e. The highest BCUT2D eigenvalue weighted by Crippen LogP contribution is 2.26. The number of aromatic nitrogens is 1. The number of esters is 1. The number of fused-ring (bicyclic) bond motifs is 1. The van der Waals surface area contributed by atoms with Gasteiger partial charge in [-0.25, -0.2) is 4.98 Å². The van der Waals surface area contributed by atoms with Crippen molar-refractivity contribution in [1.82, 2.24) is 4.98 Å². The van der Waals surface area contributed by atoms with Crippen LogP contribution in [0.15, 0.2) is 54.7 Å². The Kier molecular flexibility index (Phi) is 6.34. The van der Waals surface area contributed by atoms with Gasteiger partial charge in [0.25, 0.3) is 5.91 Å². The molecule has 0 spiro atoms. The molecule has 1 N–H and O–H groups in total. The number of nitrogens with zero attached hydrogens (tertiary/aromatic N) is 1. The van der Waals surface area contributed by atoms with Crippen LogP contribution in [-0.4, -0.2) is 30.1 Å². The predicted octanol–water partition coefficient (Wildman–Crippen LogP) is 4.57. The van der Waals surface area contributed by atoms with Gasteiger partial charge in [-0.05, 0) is 54.4 Å². The van der Waals surface area contributed by atoms with E-state index in [4.69, 9.17) is 21.1 Å². The van der Waals surface area contributed by atoms with E-state index in [2.05, 4.69) is 10.3 Å². The first-order valence-corrected chi connectivity index (χ1v) is 9.46. The Morgan fingerprint density at radius 3 is 2.45 bits per heavy atom. The van der Waals surface area contributed by atoms with Crippen molar-refractivity contribution < 1.29 is 19.1 Å². The molecule has 0 aliphatic rings. The van der Waals surface area contributed by atoms with Crippen molar-refractivity contribution in [2.24, 2.45) is 0 Å². The molecular formula is C22H21ClN2O4. The third kappa shape index (κ3) is 5.03. The van der Waals surface area contributed by atoms with Crippen molar-refractivity contribution >= 4 is 40.1 Å². The molecule has 0 saturated carbocycles. The Morgan fingerprint density at radius 1 is 1.03 bits per heavy atom. The summed E-state index contributed by atoms with van der Waals surface area (Å²) in [4.78, 5) is 28.8. The van der Waals surface area contributed by atoms with Gasteiger partial charge >= 0.3 is 5.97 Å². The maximum Gasteiger partial charge on any atom is 0.313 e. The van der Waals surface area contributed by atoms with Gasteiger partial charge < -0.3 is 14.8 Å². The average molecular weight is 413 g/mol. The van der Waals surface area contributed by atoms with Gasteiger partial charge in [0.15, 0.2) is 6.10 Å². The van der Waals surface area contributed by atoms with Crippen molar-refractivity contribution in [1.29, 1.82) is 0 Å². The quantitative estimate of drug-likeness (QED) is 0.600. The molecule has 0 unspecified atom stereocenters. The summed E-state index contributed by atoms with van der Waals surface area (Å²) in [7, 11) is 1.62. The van der Waals surface area contributed by atoms with Gasteiger partial charge in [-0.1, -0.05) is 35.9 Å². The van der Waals surface area contributed by atoms with Crippen LogP contribution in [0.2, 0.25) is 5.02 Å². The number of methoxy groups -OCH3 is 1. The number of ether oxygens (including phenoxy) is 2. The van der Waals surface area contributed by atoms with E-state index in [9.17, 15) is 9.59 Å². The van der Waals surface area contributed by atoms with Crippen LogP contribution < -0.4 is 10.1 Å². The highest BCUT2D eigenvalue weighted by atomic mass is 35.5. The van der Waals surface area contributed by atoms with Gasteiger partial charge in [0, 0.05) is 6.20 Å². The monoisotopic (exact) mass is 412 g/mol. The van der Waals surface area contributed by atoms with Crippen LogP contribution in [0.3, 0.4) is 0 Å². The Balaban J connectivity index is 1.65. The summed E-state index contributed by atoms with van der Waals surface area (Å²) in [6, 6.07) is 14.6. The lowest BCUT2D eigenvalue weighted by Gasteiger charge is -2.17. The molecule has 1 aromatic heterocycles. The number of carbonyl (C=O) groups excluding carboxylic acids is 2. The van der Waals surface area contributed by atoms with Gasteiger partial charge in [-0.15, -0.1) is 0 Å². The molecule has 3 aromatic rings. The minimum atomic E-state index is -0.966. The lowest BCUT2D eigenvalue weighted by Crippen LogP contribution is -2.31. The van der Waals surface area contributed by atoms with Gasteiger partial charge in [0.05, 0.1) is 18.1 Å². The average Bonchev–Trinajstić information content (AvgIpc) is 2.73. The fourth-order valence-electron chi connectivity index (χ4n) is 2.78. The second-order valence-corrected chi connectivity index (χ2v) is 7.06. The van der Waals surface area contributed by atoms with Gasteiger partial charge in [0.2, 0.25) is 0 Å². The van der Waals surface area contributed by atoms with Crippen LogP contribution in [0.1, 0.15) is 25.3 Å². The molecule has 0 bridgehead atoms. The number of nitrogens with one attached hydrogen (secondary N) is 1. The molecule has 29 heavy (non-hydrogen) atoms. The third-order valence-electron chi connectivity index (χ3n) is 4.57. The molecule has 2 aromatic carbocycles. The number of halogens is 1. The number of anilines is 1. The fourth-order valence-corrected chi connectivity index (χ4v) is 2.89. The molecule has 0 radical (unpaired) electrons. The maximum atomic E-state index is 12.5. The second kappa shape index (κ2) is 8.92. The second-order valence-electron chi connectivity index (χ2n) is 6.62. The molecule has 3 rings (SSSR count). The van der Waals surface area contributed by atoms with Gasteiger partial charge in [-0.2, -0.15) is 0 Å². The van der Waals surface area contributed by atoms with E-state index in [0.717, 1.165) is 22.1 Å². The number of pyridine rings is 1. The Bertz CT molecular complexity index is 1040. The number of rotatable bonds is 6. The Morgan fingerprint density at radius 2 is 1.76 bits per heavy atom. The molecule has 0 aliphatic carbocycles. The van der Waals surface area contributed by atoms with E-state index >= 15 is 0 Å². The molecular weight excluding hydrogens is 392 g/mol. The molecule has 1 heterocycles. The number of carbonyl (C=O) groups is 2. The molecule has 0 saturated heterocycles. The summed E-state index contributed by atoms with van der Waals surface area (Å²) in [6.07, 6.45) is 0.456. The topological polar surface area (TPSA) is 77.5 Å². The van der Waals surface area contributed by atoms with Crippen molar-refractivity contribution in [2.45, 2.75) is 25.9 Å². The van der Waals surface area contributed by atoms with Gasteiger partial charge in [-0.3, -0.25) is 9.59 Å². The van der Waals surface area contributed by atoms with Crippen LogP contribution >= 0.6 is 11.6 Å². The molecule has 0 fully saturated rings. The summed E-state index contributed by atoms with van der Waals surface area (Å²) >= 11 is 5.77. The van der Waals surface area contributed by atoms with Crippen molar-refractivity contribution in [2.75, 3.05) is 12.4 Å². The third-order valence-corrected chi connectivity index (χ3v) is 4.79. The number of amides is 1. The zero-order valence-electron chi connectivity index (χ0n) is 16.3. The summed E-state index contributed by atoms with van der Waals surface area (Å²) in [5.74, 6) is -0.367. The first kappa shape index (κ1) is 20.6. The fraction of sp³-hybridized carbons (Fsp3) is 0.227. The standard InChI is InChI=1S/C22H21ClN2O4/c1-13(15-4-5-17-11-19(28-3)8-6-16(17)10-15)22(27)29-14(2)21(26)25-20-9-7-18(23)12-24-20/h4-14H,1-3H3,(H,24,25,26)/t13-,14-/m0/s1. The SMILES string of the molecule is COc1ccc2cc([C@H](C)C(=O)O[C@@H](C)C(=O)Nc3ccc(Cl)cn3)ccc2c1. The number of hydrogen-bond acceptors (Lipinski definition) is 5. The van der Waals surface area contributed by atoms with Gasteiger partial charge in [0.1, 0.15) is 11.6 Å². The highest BCUT2D eigenvalue weighted by Gasteiger charge is 2.23.